The van der Waals surface area contributed by atoms with Crippen LogP contribution in [0.15, 0.2) is 36.0 Å². The number of rotatable bonds is 5. The van der Waals surface area contributed by atoms with Crippen molar-refractivity contribution < 1.29 is 9.53 Å². The predicted octanol–water partition coefficient (Wildman–Crippen LogP) is 1.84. The van der Waals surface area contributed by atoms with Crippen LogP contribution in [0.5, 0.6) is 0 Å². The van der Waals surface area contributed by atoms with Gasteiger partial charge in [0.1, 0.15) is 0 Å². The molecule has 6 nitrogen and oxygen atoms in total. The number of carbonyl (C=O) groups is 1. The highest BCUT2D eigenvalue weighted by molar-refractivity contribution is 7.09. The lowest BCUT2D eigenvalue weighted by molar-refractivity contribution is -0.123. The number of ether oxygens (including phenoxy) is 1. The molecule has 4 rings (SSSR count). The zero-order valence-corrected chi connectivity index (χ0v) is 14.1. The third-order valence-corrected chi connectivity index (χ3v) is 5.48. The van der Waals surface area contributed by atoms with Gasteiger partial charge in [0.25, 0.3) is 0 Å². The SMILES string of the molecule is O=C(C[C@@H]1C[C@H]2CN(c3ncccn3)C[C@H]2O1)NCc1cccs1. The number of carbonyl (C=O) groups excluding carboxylic acids is 1. The van der Waals surface area contributed by atoms with Crippen LogP contribution in [0, 0.1) is 5.92 Å². The lowest BCUT2D eigenvalue weighted by Gasteiger charge is -2.18. The lowest BCUT2D eigenvalue weighted by Crippen LogP contribution is -2.29. The van der Waals surface area contributed by atoms with E-state index in [1.54, 1.807) is 23.7 Å². The average molecular weight is 344 g/mol. The lowest BCUT2D eigenvalue weighted by atomic mass is 10.0. The minimum absolute atomic E-state index is 0.0298. The van der Waals surface area contributed by atoms with E-state index >= 15 is 0 Å². The second-order valence-electron chi connectivity index (χ2n) is 6.31. The molecular weight excluding hydrogens is 324 g/mol. The van der Waals surface area contributed by atoms with Gasteiger partial charge in [0, 0.05) is 36.3 Å². The van der Waals surface area contributed by atoms with Crippen LogP contribution in [-0.4, -0.2) is 41.2 Å². The molecule has 1 N–H and O–H groups in total. The van der Waals surface area contributed by atoms with Gasteiger partial charge in [-0.15, -0.1) is 11.3 Å². The number of nitrogens with one attached hydrogen (secondary N) is 1. The topological polar surface area (TPSA) is 67.4 Å². The van der Waals surface area contributed by atoms with Gasteiger partial charge in [-0.25, -0.2) is 9.97 Å². The summed E-state index contributed by atoms with van der Waals surface area (Å²) in [6, 6.07) is 5.85. The van der Waals surface area contributed by atoms with Gasteiger partial charge in [0.05, 0.1) is 25.2 Å². The largest absolute Gasteiger partial charge is 0.372 e. The zero-order chi connectivity index (χ0) is 16.4. The molecule has 0 bridgehead atoms. The molecule has 0 aliphatic carbocycles. The van der Waals surface area contributed by atoms with Crippen LogP contribution in [0.25, 0.3) is 0 Å². The fraction of sp³-hybridized carbons (Fsp3) is 0.471. The minimum atomic E-state index is 0.0298. The molecule has 1 amide bonds. The monoisotopic (exact) mass is 344 g/mol. The summed E-state index contributed by atoms with van der Waals surface area (Å²) < 4.78 is 6.09. The molecule has 2 aliphatic heterocycles. The van der Waals surface area contributed by atoms with Crippen LogP contribution in [0.1, 0.15) is 17.7 Å². The van der Waals surface area contributed by atoms with Crippen LogP contribution in [0.4, 0.5) is 5.95 Å². The quantitative estimate of drug-likeness (QED) is 0.896. The average Bonchev–Trinajstić information content (AvgIpc) is 3.30. The minimum Gasteiger partial charge on any atom is -0.372 e. The third-order valence-electron chi connectivity index (χ3n) is 4.60. The van der Waals surface area contributed by atoms with Crippen molar-refractivity contribution in [2.24, 2.45) is 5.92 Å². The molecule has 2 saturated heterocycles. The van der Waals surface area contributed by atoms with Gasteiger partial charge >= 0.3 is 0 Å². The number of nitrogens with zero attached hydrogens (tertiary/aromatic N) is 3. The first kappa shape index (κ1) is 15.5. The Morgan fingerprint density at radius 2 is 2.21 bits per heavy atom. The number of hydrogen-bond donors (Lipinski definition) is 1. The Kier molecular flexibility index (Phi) is 4.44. The van der Waals surface area contributed by atoms with E-state index in [1.807, 2.05) is 23.6 Å². The molecule has 126 valence electrons. The number of hydrogen-bond acceptors (Lipinski definition) is 6. The third kappa shape index (κ3) is 3.42. The molecule has 2 fully saturated rings. The summed E-state index contributed by atoms with van der Waals surface area (Å²) in [4.78, 5) is 24.0. The Morgan fingerprint density at radius 3 is 2.96 bits per heavy atom. The van der Waals surface area contributed by atoms with E-state index in [9.17, 15) is 4.79 Å². The molecule has 7 heteroatoms. The van der Waals surface area contributed by atoms with E-state index in [1.165, 1.54) is 4.88 Å². The number of amides is 1. The summed E-state index contributed by atoms with van der Waals surface area (Å²) in [6.07, 6.45) is 5.11. The standard InChI is InChI=1S/C17H20N4O2S/c22-16(20-9-14-3-1-6-24-14)8-13-7-12-10-21(11-15(12)23-13)17-18-4-2-5-19-17/h1-6,12-13,15H,7-11H2,(H,20,22)/t12-,13-,15+/m0/s1. The first-order valence-corrected chi connectivity index (χ1v) is 9.12. The van der Waals surface area contributed by atoms with Crippen molar-refractivity contribution >= 4 is 23.2 Å². The summed E-state index contributed by atoms with van der Waals surface area (Å²) in [5.41, 5.74) is 0. The van der Waals surface area contributed by atoms with Crippen LogP contribution in [-0.2, 0) is 16.1 Å². The maximum Gasteiger partial charge on any atom is 0.225 e. The van der Waals surface area contributed by atoms with E-state index < -0.39 is 0 Å². The Morgan fingerprint density at radius 1 is 1.33 bits per heavy atom. The predicted molar refractivity (Wildman–Crippen MR) is 91.8 cm³/mol. The maximum atomic E-state index is 12.1. The summed E-state index contributed by atoms with van der Waals surface area (Å²) in [7, 11) is 0. The van der Waals surface area contributed by atoms with Gasteiger partial charge in [0.2, 0.25) is 11.9 Å². The zero-order valence-electron chi connectivity index (χ0n) is 13.3. The van der Waals surface area contributed by atoms with Crippen molar-refractivity contribution in [2.45, 2.75) is 31.6 Å². The van der Waals surface area contributed by atoms with Crippen molar-refractivity contribution in [3.05, 3.63) is 40.8 Å². The second-order valence-corrected chi connectivity index (χ2v) is 7.34. The Hall–Kier alpha value is -1.99. The van der Waals surface area contributed by atoms with E-state index in [0.717, 1.165) is 25.5 Å². The molecule has 4 heterocycles. The molecule has 0 aromatic carbocycles. The van der Waals surface area contributed by atoms with Crippen LogP contribution < -0.4 is 10.2 Å². The van der Waals surface area contributed by atoms with Gasteiger partial charge < -0.3 is 15.0 Å². The number of anilines is 1. The van der Waals surface area contributed by atoms with E-state index in [-0.39, 0.29) is 18.1 Å². The second kappa shape index (κ2) is 6.86. The number of fused-ring (bicyclic) bond motifs is 1. The summed E-state index contributed by atoms with van der Waals surface area (Å²) in [5.74, 6) is 1.29. The summed E-state index contributed by atoms with van der Waals surface area (Å²) in [5, 5.41) is 4.99. The smallest absolute Gasteiger partial charge is 0.225 e. The Labute approximate surface area is 144 Å². The van der Waals surface area contributed by atoms with E-state index in [0.29, 0.717) is 18.9 Å². The molecule has 24 heavy (non-hydrogen) atoms. The highest BCUT2D eigenvalue weighted by Gasteiger charge is 2.43. The molecule has 3 atom stereocenters. The molecular formula is C17H20N4O2S. The number of aromatic nitrogens is 2. The van der Waals surface area contributed by atoms with Crippen molar-refractivity contribution in [3.63, 3.8) is 0 Å². The molecule has 0 radical (unpaired) electrons. The van der Waals surface area contributed by atoms with E-state index in [2.05, 4.69) is 20.2 Å². The molecule has 2 aliphatic rings. The molecule has 2 aromatic rings. The first-order chi connectivity index (χ1) is 11.8. The van der Waals surface area contributed by atoms with Gasteiger partial charge in [-0.3, -0.25) is 4.79 Å². The van der Waals surface area contributed by atoms with Gasteiger partial charge in [-0.1, -0.05) is 6.07 Å². The van der Waals surface area contributed by atoms with Crippen molar-refractivity contribution in [1.29, 1.82) is 0 Å². The van der Waals surface area contributed by atoms with Crippen molar-refractivity contribution in [3.8, 4) is 0 Å². The maximum absolute atomic E-state index is 12.1. The fourth-order valence-corrected chi connectivity index (χ4v) is 4.13. The van der Waals surface area contributed by atoms with E-state index in [4.69, 9.17) is 4.74 Å². The molecule has 0 unspecified atom stereocenters. The normalized spacial score (nSPS) is 25.7. The van der Waals surface area contributed by atoms with Crippen LogP contribution >= 0.6 is 11.3 Å². The fourth-order valence-electron chi connectivity index (χ4n) is 3.49. The summed E-state index contributed by atoms with van der Waals surface area (Å²) in [6.45, 7) is 2.32. The van der Waals surface area contributed by atoms with Crippen LogP contribution in [0.2, 0.25) is 0 Å². The summed E-state index contributed by atoms with van der Waals surface area (Å²) >= 11 is 1.66. The van der Waals surface area contributed by atoms with Crippen molar-refractivity contribution in [1.82, 2.24) is 15.3 Å². The first-order valence-electron chi connectivity index (χ1n) is 8.24. The highest BCUT2D eigenvalue weighted by atomic mass is 32.1. The van der Waals surface area contributed by atoms with Crippen molar-refractivity contribution in [2.75, 3.05) is 18.0 Å². The van der Waals surface area contributed by atoms with Gasteiger partial charge in [-0.05, 0) is 23.9 Å². The Balaban J connectivity index is 1.24. The molecule has 0 saturated carbocycles. The highest BCUT2D eigenvalue weighted by Crippen LogP contribution is 2.35. The number of thiophene rings is 1. The Bertz CT molecular complexity index is 665. The van der Waals surface area contributed by atoms with Gasteiger partial charge in [0.15, 0.2) is 0 Å². The van der Waals surface area contributed by atoms with Gasteiger partial charge in [-0.2, -0.15) is 0 Å². The molecule has 0 spiro atoms. The van der Waals surface area contributed by atoms with Crippen LogP contribution in [0.3, 0.4) is 0 Å². The molecule has 2 aromatic heterocycles.